The maximum absolute atomic E-state index is 12.7. The predicted octanol–water partition coefficient (Wildman–Crippen LogP) is 3.75. The van der Waals surface area contributed by atoms with Gasteiger partial charge in [0.25, 0.3) is 5.91 Å². The van der Waals surface area contributed by atoms with Gasteiger partial charge in [-0.05, 0) is 48.4 Å². The molecular formula is C26H21F3N6O2. The zero-order valence-corrected chi connectivity index (χ0v) is 19.4. The monoisotopic (exact) mass is 506 g/mol. The van der Waals surface area contributed by atoms with E-state index < -0.39 is 12.8 Å². The Labute approximate surface area is 210 Å². The summed E-state index contributed by atoms with van der Waals surface area (Å²) in [4.78, 5) is 22.7. The quantitative estimate of drug-likeness (QED) is 0.519. The fraction of sp³-hybridized carbons (Fsp3) is 0.269. The van der Waals surface area contributed by atoms with Gasteiger partial charge in [0, 0.05) is 42.7 Å². The van der Waals surface area contributed by atoms with Gasteiger partial charge in [0.15, 0.2) is 6.61 Å². The summed E-state index contributed by atoms with van der Waals surface area (Å²) >= 11 is 0. The van der Waals surface area contributed by atoms with Crippen LogP contribution in [0.1, 0.15) is 45.1 Å². The molecule has 2 heterocycles. The summed E-state index contributed by atoms with van der Waals surface area (Å²) < 4.78 is 42.0. The van der Waals surface area contributed by atoms with Crippen LogP contribution in [0.25, 0.3) is 0 Å². The first kappa shape index (κ1) is 25.6. The highest BCUT2D eigenvalue weighted by Gasteiger charge is 2.32. The zero-order chi connectivity index (χ0) is 26.4. The van der Waals surface area contributed by atoms with E-state index in [1.54, 1.807) is 48.5 Å². The van der Waals surface area contributed by atoms with E-state index in [9.17, 15) is 18.0 Å². The smallest absolute Gasteiger partial charge is 0.422 e. The van der Waals surface area contributed by atoms with Crippen LogP contribution in [0.15, 0.2) is 60.9 Å². The average molecular weight is 506 g/mol. The molecule has 1 fully saturated rings. The Morgan fingerprint density at radius 1 is 1.03 bits per heavy atom. The minimum atomic E-state index is -4.50. The molecule has 2 atom stereocenters. The van der Waals surface area contributed by atoms with Crippen molar-refractivity contribution in [3.8, 4) is 18.1 Å². The van der Waals surface area contributed by atoms with Crippen molar-refractivity contribution >= 4 is 5.91 Å². The molecule has 188 valence electrons. The number of benzene rings is 2. The Kier molecular flexibility index (Phi) is 7.66. The predicted molar refractivity (Wildman–Crippen MR) is 125 cm³/mol. The number of halogens is 3. The lowest BCUT2D eigenvalue weighted by molar-refractivity contribution is -0.154. The van der Waals surface area contributed by atoms with Gasteiger partial charge in [-0.2, -0.15) is 23.7 Å². The third-order valence-electron chi connectivity index (χ3n) is 5.88. The van der Waals surface area contributed by atoms with Gasteiger partial charge >= 0.3 is 12.2 Å². The number of ether oxygens (including phenoxy) is 1. The highest BCUT2D eigenvalue weighted by atomic mass is 19.4. The van der Waals surface area contributed by atoms with Crippen LogP contribution in [0, 0.1) is 22.7 Å². The molecule has 1 aliphatic rings. The number of hydrogen-bond acceptors (Lipinski definition) is 7. The van der Waals surface area contributed by atoms with Crippen molar-refractivity contribution in [1.29, 1.82) is 10.5 Å². The van der Waals surface area contributed by atoms with E-state index in [4.69, 9.17) is 10.5 Å². The normalized spacial score (nSPS) is 16.4. The molecule has 11 heteroatoms. The minimum absolute atomic E-state index is 0.153. The summed E-state index contributed by atoms with van der Waals surface area (Å²) in [6.07, 6.45) is -0.989. The molecule has 37 heavy (non-hydrogen) atoms. The van der Waals surface area contributed by atoms with Gasteiger partial charge in [-0.3, -0.25) is 9.69 Å². The second-order valence-corrected chi connectivity index (χ2v) is 8.48. The van der Waals surface area contributed by atoms with Crippen LogP contribution in [-0.4, -0.2) is 52.7 Å². The zero-order valence-electron chi connectivity index (χ0n) is 19.4. The highest BCUT2D eigenvalue weighted by molar-refractivity contribution is 5.94. The molecular weight excluding hydrogens is 485 g/mol. The van der Waals surface area contributed by atoms with Gasteiger partial charge in [-0.15, -0.1) is 0 Å². The molecule has 1 amide bonds. The molecule has 0 bridgehead atoms. The van der Waals surface area contributed by atoms with Crippen LogP contribution in [0.2, 0.25) is 0 Å². The molecule has 1 N–H and O–H groups in total. The van der Waals surface area contributed by atoms with Gasteiger partial charge < -0.3 is 10.1 Å². The molecule has 1 aliphatic heterocycles. The number of nitrogens with zero attached hydrogens (tertiary/aromatic N) is 5. The van der Waals surface area contributed by atoms with Crippen LogP contribution in [0.5, 0.6) is 6.01 Å². The number of likely N-dealkylation sites (tertiary alicyclic amines) is 1. The van der Waals surface area contributed by atoms with Crippen molar-refractivity contribution in [3.05, 3.63) is 88.7 Å². The molecule has 2 aromatic carbocycles. The number of carbonyl (C=O) groups is 1. The molecule has 4 rings (SSSR count). The molecule has 1 saturated heterocycles. The number of amides is 1. The van der Waals surface area contributed by atoms with E-state index in [1.165, 1.54) is 12.4 Å². The number of alkyl halides is 3. The summed E-state index contributed by atoms with van der Waals surface area (Å²) in [5.74, 6) is -0.249. The SMILES string of the molecule is N#Cc1ccc(C(=O)NC2CCN([C@H](c3ccc(C#N)cc3)c3cnc(OCC(F)(F)F)nc3)C2)cc1. The van der Waals surface area contributed by atoms with Gasteiger partial charge in [-0.1, -0.05) is 12.1 Å². The van der Waals surface area contributed by atoms with E-state index in [0.29, 0.717) is 41.8 Å². The molecule has 0 spiro atoms. The van der Waals surface area contributed by atoms with Gasteiger partial charge in [0.1, 0.15) is 0 Å². The van der Waals surface area contributed by atoms with Crippen LogP contribution in [0.3, 0.4) is 0 Å². The van der Waals surface area contributed by atoms with Crippen LogP contribution in [0.4, 0.5) is 13.2 Å². The number of nitrogens with one attached hydrogen (secondary N) is 1. The lowest BCUT2D eigenvalue weighted by atomic mass is 9.98. The van der Waals surface area contributed by atoms with Crippen molar-refractivity contribution in [2.24, 2.45) is 0 Å². The standard InChI is InChI=1S/C26H21F3N6O2/c27-26(28,29)16-37-25-32-13-21(14-33-25)23(19-5-1-17(11-30)2-6-19)35-10-9-22(15-35)34-24(36)20-7-3-18(12-31)4-8-20/h1-8,13-14,22-23H,9-10,15-16H2,(H,34,36)/t22?,23-/m1/s1. The Morgan fingerprint density at radius 3 is 2.19 bits per heavy atom. The van der Waals surface area contributed by atoms with Crippen molar-refractivity contribution in [3.63, 3.8) is 0 Å². The number of carbonyl (C=O) groups excluding carboxylic acids is 1. The van der Waals surface area contributed by atoms with Crippen LogP contribution in [-0.2, 0) is 0 Å². The number of hydrogen-bond donors (Lipinski definition) is 1. The first-order valence-corrected chi connectivity index (χ1v) is 11.3. The van der Waals surface area contributed by atoms with Crippen molar-refractivity contribution in [2.45, 2.75) is 24.7 Å². The van der Waals surface area contributed by atoms with Crippen molar-refractivity contribution in [2.75, 3.05) is 19.7 Å². The number of aromatic nitrogens is 2. The fourth-order valence-electron chi connectivity index (χ4n) is 4.15. The maximum atomic E-state index is 12.7. The van der Waals surface area contributed by atoms with Crippen LogP contribution >= 0.6 is 0 Å². The largest absolute Gasteiger partial charge is 0.454 e. The Balaban J connectivity index is 1.51. The third-order valence-corrected chi connectivity index (χ3v) is 5.88. The Hall–Kier alpha value is -4.48. The first-order valence-electron chi connectivity index (χ1n) is 11.3. The number of nitriles is 2. The average Bonchev–Trinajstić information content (AvgIpc) is 3.36. The summed E-state index contributed by atoms with van der Waals surface area (Å²) in [5, 5.41) is 21.1. The van der Waals surface area contributed by atoms with Gasteiger partial charge in [-0.25, -0.2) is 9.97 Å². The second-order valence-electron chi connectivity index (χ2n) is 8.48. The maximum Gasteiger partial charge on any atom is 0.422 e. The first-order chi connectivity index (χ1) is 17.8. The summed E-state index contributed by atoms with van der Waals surface area (Å²) in [6.45, 7) is -0.369. The minimum Gasteiger partial charge on any atom is -0.454 e. The molecule has 0 saturated carbocycles. The fourth-order valence-corrected chi connectivity index (χ4v) is 4.15. The van der Waals surface area contributed by atoms with E-state index in [0.717, 1.165) is 5.56 Å². The van der Waals surface area contributed by atoms with E-state index in [2.05, 4.69) is 31.0 Å². The molecule has 3 aromatic rings. The summed E-state index contributed by atoms with van der Waals surface area (Å²) in [7, 11) is 0. The second kappa shape index (κ2) is 11.1. The Bertz CT molecular complexity index is 1310. The van der Waals surface area contributed by atoms with Gasteiger partial charge in [0.2, 0.25) is 0 Å². The third kappa shape index (κ3) is 6.60. The molecule has 1 aromatic heterocycles. The van der Waals surface area contributed by atoms with E-state index in [1.807, 2.05) is 6.07 Å². The highest BCUT2D eigenvalue weighted by Crippen LogP contribution is 2.32. The van der Waals surface area contributed by atoms with E-state index in [-0.39, 0.29) is 24.0 Å². The van der Waals surface area contributed by atoms with Crippen LogP contribution < -0.4 is 10.1 Å². The summed E-state index contributed by atoms with van der Waals surface area (Å²) in [6, 6.07) is 16.5. The molecule has 1 unspecified atom stereocenters. The Morgan fingerprint density at radius 2 is 1.62 bits per heavy atom. The topological polar surface area (TPSA) is 115 Å². The lowest BCUT2D eigenvalue weighted by Crippen LogP contribution is -2.38. The molecule has 0 radical (unpaired) electrons. The number of rotatable bonds is 7. The lowest BCUT2D eigenvalue weighted by Gasteiger charge is -2.28. The van der Waals surface area contributed by atoms with Gasteiger partial charge in [0.05, 0.1) is 29.3 Å². The molecule has 0 aliphatic carbocycles. The van der Waals surface area contributed by atoms with Crippen molar-refractivity contribution in [1.82, 2.24) is 20.2 Å². The summed E-state index contributed by atoms with van der Waals surface area (Å²) in [5.41, 5.74) is 2.87. The van der Waals surface area contributed by atoms with E-state index >= 15 is 0 Å². The molecule has 8 nitrogen and oxygen atoms in total. The van der Waals surface area contributed by atoms with Crippen molar-refractivity contribution < 1.29 is 22.7 Å².